The molecule has 0 fully saturated rings. The number of fused-ring (bicyclic) bond motifs is 2. The van der Waals surface area contributed by atoms with E-state index in [9.17, 15) is 0 Å². The minimum atomic E-state index is -0.0416. The molecule has 0 bridgehead atoms. The van der Waals surface area contributed by atoms with Gasteiger partial charge in [0.2, 0.25) is 0 Å². The second-order valence-corrected chi connectivity index (χ2v) is 14.1. The zero-order valence-corrected chi connectivity index (χ0v) is 30.4. The summed E-state index contributed by atoms with van der Waals surface area (Å²) in [5, 5.41) is 12.9. The minimum Gasteiger partial charge on any atom is -0.374 e. The van der Waals surface area contributed by atoms with Gasteiger partial charge in [-0.1, -0.05) is 182 Å². The van der Waals surface area contributed by atoms with Gasteiger partial charge >= 0.3 is 33.3 Å². The van der Waals surface area contributed by atoms with E-state index in [-0.39, 0.29) is 25.2 Å². The Morgan fingerprint density at radius 2 is 0.608 bits per heavy atom. The molecule has 0 aliphatic rings. The predicted molar refractivity (Wildman–Crippen MR) is 215 cm³/mol. The maximum atomic E-state index is 4.76. The van der Waals surface area contributed by atoms with Gasteiger partial charge in [0.1, 0.15) is 0 Å². The summed E-state index contributed by atoms with van der Waals surface area (Å²) in [6.45, 7) is 0. The quantitative estimate of drug-likeness (QED) is 0.144. The van der Waals surface area contributed by atoms with Gasteiger partial charge in [0.15, 0.2) is 0 Å². The largest absolute Gasteiger partial charge is 0.374 e. The van der Waals surface area contributed by atoms with Crippen LogP contribution in [0, 0.1) is 0 Å². The zero-order valence-electron chi connectivity index (χ0n) is 27.7. The van der Waals surface area contributed by atoms with Crippen LogP contribution >= 0.6 is 20.2 Å². The Labute approximate surface area is 314 Å². The second kappa shape index (κ2) is 16.8. The van der Waals surface area contributed by atoms with Crippen molar-refractivity contribution in [2.45, 2.75) is 12.1 Å². The molecule has 0 spiro atoms. The van der Waals surface area contributed by atoms with Crippen LogP contribution in [0.4, 0.5) is 11.4 Å². The van der Waals surface area contributed by atoms with Gasteiger partial charge in [-0.3, -0.25) is 0 Å². The van der Waals surface area contributed by atoms with Crippen LogP contribution in [0.3, 0.4) is 0 Å². The third kappa shape index (κ3) is 7.83. The smallest absolute Gasteiger partial charge is 0.0767 e. The fraction of sp³-hybridized carbons (Fsp3) is 0.0435. The Hall–Kier alpha value is -5.02. The van der Waals surface area contributed by atoms with Crippen molar-refractivity contribution >= 4 is 53.1 Å². The topological polar surface area (TPSA) is 24.1 Å². The molecule has 51 heavy (non-hydrogen) atoms. The minimum absolute atomic E-state index is 0.0416. The molecule has 8 aromatic rings. The van der Waals surface area contributed by atoms with Gasteiger partial charge in [-0.05, 0) is 55.9 Å². The van der Waals surface area contributed by atoms with E-state index < -0.39 is 0 Å². The van der Waals surface area contributed by atoms with Crippen molar-refractivity contribution < 1.29 is 13.1 Å². The summed E-state index contributed by atoms with van der Waals surface area (Å²) >= 11 is 0.194. The molecule has 2 N–H and O–H groups in total. The van der Waals surface area contributed by atoms with Crippen molar-refractivity contribution in [1.82, 2.24) is 0 Å². The Morgan fingerprint density at radius 3 is 0.922 bits per heavy atom. The van der Waals surface area contributed by atoms with Crippen molar-refractivity contribution in [3.05, 3.63) is 216 Å². The molecule has 0 amide bonds. The first-order valence-corrected chi connectivity index (χ1v) is 19.9. The van der Waals surface area contributed by atoms with Gasteiger partial charge in [-0.25, -0.2) is 0 Å². The molecule has 0 aromatic heterocycles. The molecule has 0 aliphatic heterocycles. The van der Waals surface area contributed by atoms with Crippen LogP contribution in [-0.4, -0.2) is 0 Å². The predicted octanol–water partition coefficient (Wildman–Crippen LogP) is 13.4. The molecule has 0 radical (unpaired) electrons. The van der Waals surface area contributed by atoms with Crippen LogP contribution in [0.25, 0.3) is 32.7 Å². The monoisotopic (exact) mass is 742 g/mol. The van der Waals surface area contributed by atoms with Crippen molar-refractivity contribution in [2.24, 2.45) is 0 Å². The average Bonchev–Trinajstić information content (AvgIpc) is 3.20. The number of benzene rings is 8. The van der Waals surface area contributed by atoms with Gasteiger partial charge in [-0.2, -0.15) is 0 Å². The number of anilines is 2. The summed E-state index contributed by atoms with van der Waals surface area (Å²) in [4.78, 5) is 0. The number of nitrogens with one attached hydrogen (secondary N) is 2. The Morgan fingerprint density at radius 1 is 0.333 bits per heavy atom. The van der Waals surface area contributed by atoms with Gasteiger partial charge in [-0.15, -0.1) is 0 Å². The molecule has 252 valence electrons. The molecule has 8 rings (SSSR count). The summed E-state index contributed by atoms with van der Waals surface area (Å²) in [7, 11) is 9.53. The third-order valence-corrected chi connectivity index (χ3v) is 9.24. The van der Waals surface area contributed by atoms with Crippen molar-refractivity contribution in [3.8, 4) is 11.1 Å². The van der Waals surface area contributed by atoms with Crippen molar-refractivity contribution in [1.29, 1.82) is 0 Å². The molecular formula is C46H36Cl2FeN2. The van der Waals surface area contributed by atoms with E-state index >= 15 is 0 Å². The average molecular weight is 744 g/mol. The molecule has 0 saturated carbocycles. The third-order valence-electron chi connectivity index (χ3n) is 9.24. The van der Waals surface area contributed by atoms with E-state index in [0.717, 1.165) is 11.4 Å². The molecule has 0 heterocycles. The van der Waals surface area contributed by atoms with E-state index in [4.69, 9.17) is 20.2 Å². The molecule has 0 unspecified atom stereocenters. The zero-order chi connectivity index (χ0) is 34.8. The maximum Gasteiger partial charge on any atom is 0.0767 e. The van der Waals surface area contributed by atoms with Gasteiger partial charge in [0.25, 0.3) is 0 Å². The van der Waals surface area contributed by atoms with Crippen LogP contribution in [0.2, 0.25) is 0 Å². The number of rotatable bonds is 9. The van der Waals surface area contributed by atoms with Crippen molar-refractivity contribution in [3.63, 3.8) is 0 Å². The van der Waals surface area contributed by atoms with Crippen molar-refractivity contribution in [2.75, 3.05) is 10.6 Å². The van der Waals surface area contributed by atoms with Gasteiger partial charge < -0.3 is 10.6 Å². The first kappa shape index (κ1) is 34.4. The second-order valence-electron chi connectivity index (χ2n) is 12.3. The first-order chi connectivity index (χ1) is 25.2. The molecule has 0 atom stereocenters. The Balaban J connectivity index is 0.00000131. The van der Waals surface area contributed by atoms with E-state index in [1.165, 1.54) is 54.9 Å². The summed E-state index contributed by atoms with van der Waals surface area (Å²) in [5.74, 6) is 0. The SMILES string of the molecule is [Cl][Fe][Cl].c1ccc(C(Nc2ccc3ccccc3c2-c2c(NC(c3ccccc3)c3ccccc3)ccc3ccccc23)c2ccccc2)cc1. The Bertz CT molecular complexity index is 2070. The van der Waals surface area contributed by atoms with E-state index in [1.807, 2.05) is 0 Å². The summed E-state index contributed by atoms with van der Waals surface area (Å²) < 4.78 is 0. The van der Waals surface area contributed by atoms with E-state index in [2.05, 4.69) is 205 Å². The van der Waals surface area contributed by atoms with Crippen LogP contribution in [0.5, 0.6) is 0 Å². The molecule has 2 nitrogen and oxygen atoms in total. The first-order valence-electron chi connectivity index (χ1n) is 16.9. The molecule has 0 saturated heterocycles. The van der Waals surface area contributed by atoms with Crippen LogP contribution in [0.15, 0.2) is 194 Å². The maximum absolute atomic E-state index is 4.76. The fourth-order valence-corrected chi connectivity index (χ4v) is 6.93. The summed E-state index contributed by atoms with van der Waals surface area (Å²) in [5.41, 5.74) is 9.40. The van der Waals surface area contributed by atoms with E-state index in [0.29, 0.717) is 0 Å². The van der Waals surface area contributed by atoms with Crippen LogP contribution in [0.1, 0.15) is 34.3 Å². The molecule has 8 aromatic carbocycles. The fourth-order valence-electron chi connectivity index (χ4n) is 6.93. The van der Waals surface area contributed by atoms with Crippen LogP contribution in [-0.2, 0) is 13.1 Å². The van der Waals surface area contributed by atoms with Crippen LogP contribution < -0.4 is 10.6 Å². The van der Waals surface area contributed by atoms with Gasteiger partial charge in [0.05, 0.1) is 12.1 Å². The molecule has 0 aliphatic carbocycles. The normalized spacial score (nSPS) is 11.1. The summed E-state index contributed by atoms with van der Waals surface area (Å²) in [6, 6.07) is 69.3. The van der Waals surface area contributed by atoms with E-state index in [1.54, 1.807) is 0 Å². The van der Waals surface area contributed by atoms with Gasteiger partial charge in [0, 0.05) is 22.5 Å². The number of hydrogen-bond donors (Lipinski definition) is 2. The molecular weight excluding hydrogens is 707 g/mol. The Kier molecular flexibility index (Phi) is 11.3. The standard InChI is InChI=1S/C46H36N2.2ClH.Fe/c1-5-19-35(20-6-1)45(36-21-7-2-8-22-36)47-41-31-29-33-17-13-15-27-39(33)43(41)44-40-28-16-14-18-34(40)30-32-42(44)48-46(37-23-9-3-10-24-37)38-25-11-4-12-26-38;;;/h1-32,45-48H;2*1H;/q;;;+2/p-2. The number of hydrogen-bond acceptors (Lipinski definition) is 2. The number of halogens is 2. The summed E-state index contributed by atoms with van der Waals surface area (Å²) in [6.07, 6.45) is 0. The molecule has 5 heteroatoms.